The molecule has 0 bridgehead atoms. The van der Waals surface area contributed by atoms with Gasteiger partial charge < -0.3 is 5.32 Å². The molecule has 1 fully saturated rings. The average molecular weight is 451 g/mol. The number of nitrogens with one attached hydrogen (secondary N) is 2. The van der Waals surface area contributed by atoms with Crippen molar-refractivity contribution < 1.29 is 8.42 Å². The van der Waals surface area contributed by atoms with Crippen molar-refractivity contribution in [3.63, 3.8) is 0 Å². The molecule has 0 unspecified atom stereocenters. The molecule has 1 aromatic heterocycles. The van der Waals surface area contributed by atoms with Crippen LogP contribution in [0.25, 0.3) is 11.0 Å². The molecular weight excluding hydrogens is 431 g/mol. The maximum Gasteiger partial charge on any atom is 0.264 e. The summed E-state index contributed by atoms with van der Waals surface area (Å²) in [6.07, 6.45) is 5.52. The summed E-state index contributed by atoms with van der Waals surface area (Å²) in [4.78, 5) is 9.03. The third kappa shape index (κ3) is 4.57. The van der Waals surface area contributed by atoms with Crippen LogP contribution in [0.5, 0.6) is 0 Å². The Hall–Kier alpha value is -2.09. The molecule has 3 aromatic rings. The molecule has 1 aliphatic rings. The number of para-hydroxylation sites is 2. The van der Waals surface area contributed by atoms with Crippen molar-refractivity contribution in [3.8, 4) is 0 Å². The van der Waals surface area contributed by atoms with Gasteiger partial charge in [0.15, 0.2) is 11.6 Å². The van der Waals surface area contributed by atoms with E-state index < -0.39 is 10.0 Å². The van der Waals surface area contributed by atoms with Crippen LogP contribution >= 0.6 is 23.2 Å². The van der Waals surface area contributed by atoms with Gasteiger partial charge in [0, 0.05) is 11.1 Å². The van der Waals surface area contributed by atoms with Crippen LogP contribution in [-0.2, 0) is 10.0 Å². The van der Waals surface area contributed by atoms with Crippen LogP contribution in [-0.4, -0.2) is 24.4 Å². The van der Waals surface area contributed by atoms with Crippen LogP contribution in [0.1, 0.15) is 32.1 Å². The van der Waals surface area contributed by atoms with E-state index in [9.17, 15) is 8.42 Å². The van der Waals surface area contributed by atoms with Gasteiger partial charge in [-0.25, -0.2) is 18.4 Å². The fraction of sp³-hybridized carbons (Fsp3) is 0.300. The Bertz CT molecular complexity index is 1150. The summed E-state index contributed by atoms with van der Waals surface area (Å²) in [5.74, 6) is 0.558. The zero-order valence-electron chi connectivity index (χ0n) is 15.5. The van der Waals surface area contributed by atoms with Crippen molar-refractivity contribution in [3.05, 3.63) is 52.5 Å². The number of benzene rings is 2. The first-order valence-corrected chi connectivity index (χ1v) is 11.7. The van der Waals surface area contributed by atoms with Gasteiger partial charge in [-0.15, -0.1) is 0 Å². The molecule has 1 saturated carbocycles. The number of hydrogen-bond donors (Lipinski definition) is 2. The summed E-state index contributed by atoms with van der Waals surface area (Å²) in [6, 6.07) is 11.9. The highest BCUT2D eigenvalue weighted by Gasteiger charge is 2.23. The lowest BCUT2D eigenvalue weighted by atomic mass is 9.95. The zero-order chi connectivity index (χ0) is 20.4. The number of nitrogens with zero attached hydrogens (tertiary/aromatic N) is 2. The van der Waals surface area contributed by atoms with Crippen LogP contribution in [0.3, 0.4) is 0 Å². The molecule has 152 valence electrons. The van der Waals surface area contributed by atoms with Crippen molar-refractivity contribution >= 4 is 55.9 Å². The van der Waals surface area contributed by atoms with Gasteiger partial charge in [0.05, 0.1) is 16.1 Å². The topological polar surface area (TPSA) is 84.0 Å². The molecule has 0 aliphatic heterocycles. The number of halogens is 2. The lowest BCUT2D eigenvalue weighted by molar-refractivity contribution is 0.462. The molecular formula is C20H20Cl2N4O2S. The number of rotatable bonds is 5. The fourth-order valence-electron chi connectivity index (χ4n) is 3.48. The maximum atomic E-state index is 13.0. The molecule has 1 heterocycles. The number of aromatic nitrogens is 2. The summed E-state index contributed by atoms with van der Waals surface area (Å²) in [5, 5.41) is 3.74. The average Bonchev–Trinajstić information content (AvgIpc) is 2.71. The predicted octanol–water partition coefficient (Wildman–Crippen LogP) is 5.48. The van der Waals surface area contributed by atoms with Crippen LogP contribution < -0.4 is 10.0 Å². The van der Waals surface area contributed by atoms with E-state index in [0.29, 0.717) is 16.9 Å². The minimum Gasteiger partial charge on any atom is -0.364 e. The number of fused-ring (bicyclic) bond motifs is 1. The van der Waals surface area contributed by atoms with E-state index >= 15 is 0 Å². The maximum absolute atomic E-state index is 13.0. The van der Waals surface area contributed by atoms with Crippen molar-refractivity contribution in [1.29, 1.82) is 0 Å². The summed E-state index contributed by atoms with van der Waals surface area (Å²) >= 11 is 12.1. The van der Waals surface area contributed by atoms with Crippen molar-refractivity contribution in [2.75, 3.05) is 10.0 Å². The molecule has 6 nitrogen and oxygen atoms in total. The van der Waals surface area contributed by atoms with E-state index in [-0.39, 0.29) is 26.8 Å². The summed E-state index contributed by atoms with van der Waals surface area (Å²) in [7, 11) is -4.01. The molecule has 29 heavy (non-hydrogen) atoms. The van der Waals surface area contributed by atoms with E-state index in [0.717, 1.165) is 25.7 Å². The summed E-state index contributed by atoms with van der Waals surface area (Å²) < 4.78 is 28.6. The van der Waals surface area contributed by atoms with Crippen molar-refractivity contribution in [2.45, 2.75) is 43.0 Å². The SMILES string of the molecule is O=S(=O)(Nc1nc2ccccc2nc1NC1CCCCC1)c1cc(Cl)ccc1Cl. The minimum absolute atomic E-state index is 0.0810. The Morgan fingerprint density at radius 1 is 0.897 bits per heavy atom. The molecule has 9 heteroatoms. The second-order valence-electron chi connectivity index (χ2n) is 7.07. The highest BCUT2D eigenvalue weighted by molar-refractivity contribution is 7.92. The Labute approximate surface area is 179 Å². The predicted molar refractivity (Wildman–Crippen MR) is 117 cm³/mol. The number of hydrogen-bond acceptors (Lipinski definition) is 5. The third-order valence-corrected chi connectivity index (χ3v) is 6.99. The van der Waals surface area contributed by atoms with Gasteiger partial charge in [-0.05, 0) is 43.2 Å². The van der Waals surface area contributed by atoms with Gasteiger partial charge in [-0.1, -0.05) is 54.6 Å². The summed E-state index contributed by atoms with van der Waals surface area (Å²) in [6.45, 7) is 0. The van der Waals surface area contributed by atoms with E-state index in [2.05, 4.69) is 20.0 Å². The third-order valence-electron chi connectivity index (χ3n) is 4.93. The Kier molecular flexibility index (Phi) is 5.81. The van der Waals surface area contributed by atoms with Gasteiger partial charge in [0.25, 0.3) is 10.0 Å². The lowest BCUT2D eigenvalue weighted by Crippen LogP contribution is -2.25. The standard InChI is InChI=1S/C20H20Cl2N4O2S/c21-13-10-11-15(22)18(12-13)29(27,28)26-20-19(23-14-6-2-1-3-7-14)24-16-8-4-5-9-17(16)25-20/h4-5,8-12,14H,1-3,6-7H2,(H,23,24)(H,25,26). The number of sulfonamides is 1. The zero-order valence-corrected chi connectivity index (χ0v) is 17.9. The van der Waals surface area contributed by atoms with E-state index in [1.807, 2.05) is 18.2 Å². The molecule has 0 saturated heterocycles. The lowest BCUT2D eigenvalue weighted by Gasteiger charge is -2.24. The van der Waals surface area contributed by atoms with Crippen LogP contribution in [0.4, 0.5) is 11.6 Å². The van der Waals surface area contributed by atoms with Gasteiger partial charge in [-0.3, -0.25) is 4.72 Å². The second kappa shape index (κ2) is 8.34. The van der Waals surface area contributed by atoms with E-state index in [1.165, 1.54) is 24.6 Å². The van der Waals surface area contributed by atoms with Gasteiger partial charge >= 0.3 is 0 Å². The van der Waals surface area contributed by atoms with Crippen LogP contribution in [0.15, 0.2) is 47.4 Å². The Balaban J connectivity index is 1.74. The molecule has 0 spiro atoms. The molecule has 2 aromatic carbocycles. The molecule has 4 rings (SSSR count). The van der Waals surface area contributed by atoms with Crippen LogP contribution in [0, 0.1) is 0 Å². The molecule has 1 aliphatic carbocycles. The van der Waals surface area contributed by atoms with E-state index in [4.69, 9.17) is 23.2 Å². The van der Waals surface area contributed by atoms with Crippen molar-refractivity contribution in [1.82, 2.24) is 9.97 Å². The quantitative estimate of drug-likeness (QED) is 0.537. The first-order valence-electron chi connectivity index (χ1n) is 9.43. The molecule has 0 radical (unpaired) electrons. The Morgan fingerprint density at radius 2 is 1.55 bits per heavy atom. The summed E-state index contributed by atoms with van der Waals surface area (Å²) in [5.41, 5.74) is 1.28. The van der Waals surface area contributed by atoms with Gasteiger partial charge in [0.1, 0.15) is 4.90 Å². The minimum atomic E-state index is -4.01. The normalized spacial score (nSPS) is 15.4. The smallest absolute Gasteiger partial charge is 0.264 e. The van der Waals surface area contributed by atoms with E-state index in [1.54, 1.807) is 6.07 Å². The van der Waals surface area contributed by atoms with Gasteiger partial charge in [0.2, 0.25) is 0 Å². The monoisotopic (exact) mass is 450 g/mol. The number of anilines is 2. The molecule has 0 atom stereocenters. The first kappa shape index (κ1) is 20.2. The molecule has 2 N–H and O–H groups in total. The highest BCUT2D eigenvalue weighted by Crippen LogP contribution is 2.30. The largest absolute Gasteiger partial charge is 0.364 e. The first-order chi connectivity index (χ1) is 13.9. The Morgan fingerprint density at radius 3 is 2.24 bits per heavy atom. The molecule has 0 amide bonds. The van der Waals surface area contributed by atoms with Crippen LogP contribution in [0.2, 0.25) is 10.0 Å². The second-order valence-corrected chi connectivity index (χ2v) is 9.56. The van der Waals surface area contributed by atoms with Crippen molar-refractivity contribution in [2.24, 2.45) is 0 Å². The highest BCUT2D eigenvalue weighted by atomic mass is 35.5. The van der Waals surface area contributed by atoms with Gasteiger partial charge in [-0.2, -0.15) is 0 Å². The fourth-order valence-corrected chi connectivity index (χ4v) is 5.25.